The van der Waals surface area contributed by atoms with E-state index in [9.17, 15) is 9.59 Å². The second-order valence-corrected chi connectivity index (χ2v) is 7.95. The third-order valence-electron chi connectivity index (χ3n) is 4.09. The van der Waals surface area contributed by atoms with Crippen molar-refractivity contribution in [3.63, 3.8) is 0 Å². The second-order valence-electron chi connectivity index (χ2n) is 7.95. The first-order valence-corrected chi connectivity index (χ1v) is 12.0. The smallest absolute Gasteiger partial charge is 0.341 e. The van der Waals surface area contributed by atoms with E-state index in [-0.39, 0.29) is 11.4 Å². The summed E-state index contributed by atoms with van der Waals surface area (Å²) < 4.78 is 3.15. The van der Waals surface area contributed by atoms with Crippen molar-refractivity contribution in [3.8, 4) is 0 Å². The maximum Gasteiger partial charge on any atom is 0.342 e. The lowest BCUT2D eigenvalue weighted by molar-refractivity contribution is 0.629. The molecule has 6 aromatic heterocycles. The van der Waals surface area contributed by atoms with Gasteiger partial charge in [0.2, 0.25) is 0 Å². The Balaban J connectivity index is 0.000000247. The number of hydrogen-bond acceptors (Lipinski definition) is 11. The molecule has 0 radical (unpaired) electrons. The third kappa shape index (κ3) is 16.8. The average Bonchev–Trinajstić information content (AvgIpc) is 3.76. The van der Waals surface area contributed by atoms with Gasteiger partial charge in [0.1, 0.15) is 11.6 Å². The van der Waals surface area contributed by atoms with Crippen molar-refractivity contribution in [1.82, 2.24) is 79.7 Å². The van der Waals surface area contributed by atoms with Gasteiger partial charge in [-0.15, -0.1) is 10.2 Å². The van der Waals surface area contributed by atoms with Crippen molar-refractivity contribution in [3.05, 3.63) is 99.6 Å². The van der Waals surface area contributed by atoms with E-state index in [0.29, 0.717) is 17.5 Å². The largest absolute Gasteiger partial charge is 0.342 e. The van der Waals surface area contributed by atoms with Gasteiger partial charge in [-0.3, -0.25) is 15.0 Å². The highest BCUT2D eigenvalue weighted by Crippen LogP contribution is 1.86. The number of tetrazole rings is 1. The molecule has 0 fully saturated rings. The van der Waals surface area contributed by atoms with Crippen LogP contribution in [0.15, 0.2) is 65.1 Å². The SMILES string of the molecule is Cc1ccccn1.Cc1n[nH]c(=O)[nH]1.Cc1nn(C)c(=O)[nH]1.Cc1nnn(C)n1.Cn1ccnc1.Cn1nccn1. The Morgan fingerprint density at radius 2 is 1.49 bits per heavy atom. The highest BCUT2D eigenvalue weighted by Gasteiger charge is 1.91. The molecule has 18 nitrogen and oxygen atoms in total. The van der Waals surface area contributed by atoms with Gasteiger partial charge in [-0.25, -0.2) is 24.4 Å². The summed E-state index contributed by atoms with van der Waals surface area (Å²) >= 11 is 0. The number of aromatic amines is 3. The molecular formula is C23H36N16O2. The molecule has 0 aliphatic rings. The average molecular weight is 569 g/mol. The molecule has 0 saturated heterocycles. The molecule has 41 heavy (non-hydrogen) atoms. The molecule has 0 aliphatic carbocycles. The van der Waals surface area contributed by atoms with Crippen LogP contribution in [-0.4, -0.2) is 79.7 Å². The summed E-state index contributed by atoms with van der Waals surface area (Å²) in [7, 11) is 7.05. The molecule has 6 aromatic rings. The Hall–Kier alpha value is -5.55. The van der Waals surface area contributed by atoms with E-state index in [4.69, 9.17) is 0 Å². The summed E-state index contributed by atoms with van der Waals surface area (Å²) in [5, 5.41) is 27.9. The molecule has 0 atom stereocenters. The van der Waals surface area contributed by atoms with Gasteiger partial charge in [-0.2, -0.15) is 30.0 Å². The number of pyridine rings is 1. The monoisotopic (exact) mass is 568 g/mol. The van der Waals surface area contributed by atoms with Crippen LogP contribution in [-0.2, 0) is 28.2 Å². The molecule has 0 aromatic carbocycles. The molecule has 0 saturated carbocycles. The summed E-state index contributed by atoms with van der Waals surface area (Å²) in [5.41, 5.74) is 0.655. The molecular weight excluding hydrogens is 532 g/mol. The molecule has 0 unspecified atom stereocenters. The molecule has 18 heteroatoms. The topological polar surface area (TPSA) is 217 Å². The van der Waals surface area contributed by atoms with E-state index in [1.807, 2.05) is 42.9 Å². The Bertz CT molecular complexity index is 1510. The van der Waals surface area contributed by atoms with E-state index < -0.39 is 0 Å². The van der Waals surface area contributed by atoms with Gasteiger partial charge < -0.3 is 4.57 Å². The van der Waals surface area contributed by atoms with Gasteiger partial charge in [0, 0.05) is 45.4 Å². The summed E-state index contributed by atoms with van der Waals surface area (Å²) in [6.07, 6.45) is 10.5. The summed E-state index contributed by atoms with van der Waals surface area (Å²) in [4.78, 5) is 36.2. The van der Waals surface area contributed by atoms with Crippen molar-refractivity contribution >= 4 is 0 Å². The fraction of sp³-hybridized carbons (Fsp3) is 0.348. The van der Waals surface area contributed by atoms with E-state index in [2.05, 4.69) is 60.8 Å². The number of aromatic nitrogens is 16. The Kier molecular flexibility index (Phi) is 15.2. The van der Waals surface area contributed by atoms with E-state index in [0.717, 1.165) is 5.69 Å². The predicted molar refractivity (Wildman–Crippen MR) is 149 cm³/mol. The number of nitrogens with zero attached hydrogens (tertiary/aromatic N) is 13. The zero-order chi connectivity index (χ0) is 30.6. The summed E-state index contributed by atoms with van der Waals surface area (Å²) in [6, 6.07) is 5.86. The minimum atomic E-state index is -0.252. The third-order valence-corrected chi connectivity index (χ3v) is 4.09. The number of H-pyrrole nitrogens is 3. The minimum Gasteiger partial charge on any atom is -0.341 e. The minimum absolute atomic E-state index is 0.164. The lowest BCUT2D eigenvalue weighted by Crippen LogP contribution is -2.13. The van der Waals surface area contributed by atoms with Gasteiger partial charge in [-0.1, -0.05) is 6.07 Å². The van der Waals surface area contributed by atoms with Crippen LogP contribution in [0.3, 0.4) is 0 Å². The maximum atomic E-state index is 10.5. The zero-order valence-electron chi connectivity index (χ0n) is 24.3. The quantitative estimate of drug-likeness (QED) is 0.221. The van der Waals surface area contributed by atoms with Crippen LogP contribution in [0.5, 0.6) is 0 Å². The zero-order valence-corrected chi connectivity index (χ0v) is 24.3. The van der Waals surface area contributed by atoms with Gasteiger partial charge in [0.15, 0.2) is 5.82 Å². The van der Waals surface area contributed by atoms with Crippen LogP contribution in [0.1, 0.15) is 23.2 Å². The highest BCUT2D eigenvalue weighted by atomic mass is 16.2. The van der Waals surface area contributed by atoms with Crippen molar-refractivity contribution in [2.45, 2.75) is 27.7 Å². The van der Waals surface area contributed by atoms with Crippen LogP contribution in [0.2, 0.25) is 0 Å². The highest BCUT2D eigenvalue weighted by molar-refractivity contribution is 4.99. The van der Waals surface area contributed by atoms with Crippen molar-refractivity contribution in [2.24, 2.45) is 28.2 Å². The molecule has 220 valence electrons. The standard InChI is InChI=1S/C6H7N.C4H7N3O.C4H6N2.C3H6N4.C3H5N3O.C3H5N3/c1-6-4-2-3-5-7-6;1-3-5-4(8)7(2)6-3;1-6-3-2-5-4-6;1-3-4-6-7(2)5-3;1-2-4-3(7)6-5-2;1-6-4-2-3-5-6/h2-5H,1H3;1-2H3,(H,5,6,8);2-4H,1H3;1-2H3;1H3,(H2,4,5,6,7);2-3H,1H3. The Labute approximate surface area is 235 Å². The van der Waals surface area contributed by atoms with E-state index in [1.165, 1.54) is 14.3 Å². The number of imidazole rings is 1. The van der Waals surface area contributed by atoms with Crippen LogP contribution < -0.4 is 11.4 Å². The molecule has 6 heterocycles. The number of aryl methyl sites for hydroxylation is 8. The van der Waals surface area contributed by atoms with Crippen LogP contribution in [0, 0.1) is 27.7 Å². The van der Waals surface area contributed by atoms with Crippen LogP contribution in [0.25, 0.3) is 0 Å². The summed E-state index contributed by atoms with van der Waals surface area (Å²) in [6.45, 7) is 7.21. The van der Waals surface area contributed by atoms with Gasteiger partial charge in [-0.05, 0) is 45.0 Å². The summed E-state index contributed by atoms with van der Waals surface area (Å²) in [5.74, 6) is 1.98. The predicted octanol–water partition coefficient (Wildman–Crippen LogP) is -0.0330. The Morgan fingerprint density at radius 3 is 1.66 bits per heavy atom. The van der Waals surface area contributed by atoms with Gasteiger partial charge in [0.25, 0.3) is 0 Å². The molecule has 3 N–H and O–H groups in total. The molecule has 0 spiro atoms. The molecule has 6 rings (SSSR count). The first kappa shape index (κ1) is 33.5. The van der Waals surface area contributed by atoms with Crippen LogP contribution in [0.4, 0.5) is 0 Å². The molecule has 0 bridgehead atoms. The van der Waals surface area contributed by atoms with E-state index >= 15 is 0 Å². The fourth-order valence-electron chi connectivity index (χ4n) is 2.32. The Morgan fingerprint density at radius 1 is 0.780 bits per heavy atom. The van der Waals surface area contributed by atoms with Crippen molar-refractivity contribution in [2.75, 3.05) is 0 Å². The van der Waals surface area contributed by atoms with E-state index in [1.54, 1.807) is 73.0 Å². The maximum absolute atomic E-state index is 10.5. The number of hydrogen-bond donors (Lipinski definition) is 3. The molecule has 0 amide bonds. The second kappa shape index (κ2) is 18.7. The normalized spacial score (nSPS) is 9.17. The van der Waals surface area contributed by atoms with Crippen LogP contribution >= 0.6 is 0 Å². The molecule has 0 aliphatic heterocycles. The first-order chi connectivity index (χ1) is 19.5. The lowest BCUT2D eigenvalue weighted by Gasteiger charge is -1.82. The number of rotatable bonds is 0. The first-order valence-electron chi connectivity index (χ1n) is 12.0. The fourth-order valence-corrected chi connectivity index (χ4v) is 2.32. The number of nitrogens with one attached hydrogen (secondary N) is 3. The van der Waals surface area contributed by atoms with Crippen molar-refractivity contribution in [1.29, 1.82) is 0 Å². The van der Waals surface area contributed by atoms with Gasteiger partial charge in [0.05, 0.1) is 25.8 Å². The lowest BCUT2D eigenvalue weighted by atomic mass is 10.4. The van der Waals surface area contributed by atoms with Crippen molar-refractivity contribution < 1.29 is 0 Å². The van der Waals surface area contributed by atoms with Gasteiger partial charge >= 0.3 is 11.4 Å².